The number of H-pyrrole nitrogens is 1. The SMILES string of the molecule is C=C/C=C(\C=C)N(C)C(=O)C(CCc1ccccc1)NC(=O)Cc1c[nH]c2ccc(Cl)cc12. The summed E-state index contributed by atoms with van der Waals surface area (Å²) in [5.41, 5.74) is 3.44. The van der Waals surface area contributed by atoms with E-state index in [0.717, 1.165) is 22.0 Å². The molecule has 6 heteroatoms. The van der Waals surface area contributed by atoms with Crippen molar-refractivity contribution in [3.05, 3.63) is 108 Å². The number of likely N-dealkylation sites (N-methyl/N-ethyl adjacent to an activating group) is 1. The smallest absolute Gasteiger partial charge is 0.249 e. The summed E-state index contributed by atoms with van der Waals surface area (Å²) in [6.07, 6.45) is 7.95. The van der Waals surface area contributed by atoms with Gasteiger partial charge in [-0.2, -0.15) is 0 Å². The lowest BCUT2D eigenvalue weighted by Gasteiger charge is -2.25. The van der Waals surface area contributed by atoms with Crippen LogP contribution in [0.3, 0.4) is 0 Å². The zero-order chi connectivity index (χ0) is 23.8. The maximum atomic E-state index is 13.3. The van der Waals surface area contributed by atoms with Crippen LogP contribution in [0.2, 0.25) is 5.02 Å². The van der Waals surface area contributed by atoms with E-state index in [1.54, 1.807) is 37.5 Å². The summed E-state index contributed by atoms with van der Waals surface area (Å²) in [5, 5.41) is 4.44. The van der Waals surface area contributed by atoms with Gasteiger partial charge in [-0.25, -0.2) is 0 Å². The Kier molecular flexibility index (Phi) is 8.28. The normalized spacial score (nSPS) is 12.2. The Hall–Kier alpha value is -3.57. The number of hydrogen-bond donors (Lipinski definition) is 2. The van der Waals surface area contributed by atoms with Crippen molar-refractivity contribution >= 4 is 34.3 Å². The number of halogens is 1. The number of aryl methyl sites for hydroxylation is 1. The Balaban J connectivity index is 1.78. The molecule has 0 aliphatic carbocycles. The van der Waals surface area contributed by atoms with Gasteiger partial charge in [0.2, 0.25) is 11.8 Å². The largest absolute Gasteiger partial charge is 0.361 e. The standard InChI is InChI=1S/C27H28ClN3O2/c1-4-9-22(5-2)31(3)27(33)25(14-12-19-10-7-6-8-11-19)30-26(32)16-20-18-29-24-15-13-21(28)17-23(20)24/h4-11,13,15,17-18,25,29H,1-2,12,14,16H2,3H3,(H,30,32)/b22-9+. The van der Waals surface area contributed by atoms with Crippen LogP contribution in [0.5, 0.6) is 0 Å². The van der Waals surface area contributed by atoms with E-state index >= 15 is 0 Å². The molecule has 0 saturated heterocycles. The Morgan fingerprint density at radius 1 is 1.18 bits per heavy atom. The van der Waals surface area contributed by atoms with Crippen LogP contribution >= 0.6 is 11.6 Å². The van der Waals surface area contributed by atoms with E-state index in [9.17, 15) is 9.59 Å². The molecule has 2 amide bonds. The fraction of sp³-hybridized carbons (Fsp3) is 0.185. The second-order valence-electron chi connectivity index (χ2n) is 7.75. The maximum absolute atomic E-state index is 13.3. The molecule has 0 fully saturated rings. The zero-order valence-electron chi connectivity index (χ0n) is 18.7. The summed E-state index contributed by atoms with van der Waals surface area (Å²) in [5.74, 6) is -0.446. The van der Waals surface area contributed by atoms with Gasteiger partial charge in [0.05, 0.1) is 6.42 Å². The van der Waals surface area contributed by atoms with E-state index in [1.165, 1.54) is 4.90 Å². The first-order valence-corrected chi connectivity index (χ1v) is 11.1. The third-order valence-corrected chi connectivity index (χ3v) is 5.73. The van der Waals surface area contributed by atoms with Crippen molar-refractivity contribution in [1.29, 1.82) is 0 Å². The van der Waals surface area contributed by atoms with Gasteiger partial charge in [-0.1, -0.05) is 61.2 Å². The number of allylic oxidation sites excluding steroid dienone is 3. The van der Waals surface area contributed by atoms with E-state index in [0.29, 0.717) is 23.6 Å². The van der Waals surface area contributed by atoms with Crippen molar-refractivity contribution in [2.24, 2.45) is 0 Å². The van der Waals surface area contributed by atoms with Crippen LogP contribution in [-0.2, 0) is 22.4 Å². The van der Waals surface area contributed by atoms with Crippen LogP contribution in [0.15, 0.2) is 91.8 Å². The first-order valence-electron chi connectivity index (χ1n) is 10.7. The molecule has 5 nitrogen and oxygen atoms in total. The third kappa shape index (κ3) is 6.24. The fourth-order valence-corrected chi connectivity index (χ4v) is 3.90. The highest BCUT2D eigenvalue weighted by molar-refractivity contribution is 6.31. The number of rotatable bonds is 10. The molecular formula is C27H28ClN3O2. The third-order valence-electron chi connectivity index (χ3n) is 5.49. The lowest BCUT2D eigenvalue weighted by molar-refractivity contribution is -0.133. The van der Waals surface area contributed by atoms with Crippen molar-refractivity contribution in [2.75, 3.05) is 7.05 Å². The predicted octanol–water partition coefficient (Wildman–Crippen LogP) is 5.20. The first kappa shape index (κ1) is 24.1. The predicted molar refractivity (Wildman–Crippen MR) is 135 cm³/mol. The van der Waals surface area contributed by atoms with Gasteiger partial charge in [0.15, 0.2) is 0 Å². The van der Waals surface area contributed by atoms with Gasteiger partial charge in [-0.3, -0.25) is 9.59 Å². The molecule has 3 aromatic rings. The number of aromatic amines is 1. The Morgan fingerprint density at radius 3 is 2.64 bits per heavy atom. The molecule has 0 aliphatic heterocycles. The van der Waals surface area contributed by atoms with Gasteiger partial charge in [-0.15, -0.1) is 0 Å². The number of amides is 2. The molecule has 2 N–H and O–H groups in total. The van der Waals surface area contributed by atoms with Crippen LogP contribution in [-0.4, -0.2) is 34.8 Å². The number of benzene rings is 2. The summed E-state index contributed by atoms with van der Waals surface area (Å²) in [6, 6.07) is 14.7. The fourth-order valence-electron chi connectivity index (χ4n) is 3.73. The maximum Gasteiger partial charge on any atom is 0.249 e. The molecule has 1 heterocycles. The molecule has 0 spiro atoms. The van der Waals surface area contributed by atoms with Crippen LogP contribution in [0.4, 0.5) is 0 Å². The molecule has 2 aromatic carbocycles. The number of carbonyl (C=O) groups excluding carboxylic acids is 2. The van der Waals surface area contributed by atoms with Gasteiger partial charge in [0.25, 0.3) is 0 Å². The highest BCUT2D eigenvalue weighted by atomic mass is 35.5. The van der Waals surface area contributed by atoms with Gasteiger partial charge >= 0.3 is 0 Å². The first-order chi connectivity index (χ1) is 15.9. The second kappa shape index (κ2) is 11.3. The van der Waals surface area contributed by atoms with Gasteiger partial charge < -0.3 is 15.2 Å². The summed E-state index contributed by atoms with van der Waals surface area (Å²) in [6.45, 7) is 7.46. The number of hydrogen-bond acceptors (Lipinski definition) is 2. The minimum Gasteiger partial charge on any atom is -0.361 e. The van der Waals surface area contributed by atoms with Crippen molar-refractivity contribution in [2.45, 2.75) is 25.3 Å². The molecule has 0 bridgehead atoms. The van der Waals surface area contributed by atoms with Crippen molar-refractivity contribution in [3.63, 3.8) is 0 Å². The van der Waals surface area contributed by atoms with E-state index < -0.39 is 6.04 Å². The van der Waals surface area contributed by atoms with E-state index in [-0.39, 0.29) is 18.2 Å². The molecule has 170 valence electrons. The average molecular weight is 462 g/mol. The van der Waals surface area contributed by atoms with Crippen molar-refractivity contribution in [1.82, 2.24) is 15.2 Å². The second-order valence-corrected chi connectivity index (χ2v) is 8.19. The van der Waals surface area contributed by atoms with Crippen LogP contribution < -0.4 is 5.32 Å². The topological polar surface area (TPSA) is 65.2 Å². The highest BCUT2D eigenvalue weighted by Gasteiger charge is 2.25. The van der Waals surface area contributed by atoms with E-state index in [4.69, 9.17) is 11.6 Å². The average Bonchev–Trinajstić information content (AvgIpc) is 3.21. The molecule has 1 atom stereocenters. The Bertz CT molecular complexity index is 1180. The quantitative estimate of drug-likeness (QED) is 0.408. The van der Waals surface area contributed by atoms with Crippen molar-refractivity contribution in [3.8, 4) is 0 Å². The summed E-state index contributed by atoms with van der Waals surface area (Å²) >= 11 is 6.13. The van der Waals surface area contributed by atoms with Crippen molar-refractivity contribution < 1.29 is 9.59 Å². The number of aromatic nitrogens is 1. The van der Waals surface area contributed by atoms with E-state index in [1.807, 2.05) is 42.5 Å². The van der Waals surface area contributed by atoms with Crippen LogP contribution in [0.1, 0.15) is 17.5 Å². The number of nitrogens with zero attached hydrogens (tertiary/aromatic N) is 1. The summed E-state index contributed by atoms with van der Waals surface area (Å²) in [7, 11) is 1.67. The minimum atomic E-state index is -0.690. The lowest BCUT2D eigenvalue weighted by Crippen LogP contribution is -2.47. The summed E-state index contributed by atoms with van der Waals surface area (Å²) in [4.78, 5) is 30.9. The van der Waals surface area contributed by atoms with Gasteiger partial charge in [0, 0.05) is 34.9 Å². The van der Waals surface area contributed by atoms with Gasteiger partial charge in [0.1, 0.15) is 6.04 Å². The van der Waals surface area contributed by atoms with Crippen LogP contribution in [0.25, 0.3) is 10.9 Å². The lowest BCUT2D eigenvalue weighted by atomic mass is 10.0. The Morgan fingerprint density at radius 2 is 1.94 bits per heavy atom. The molecule has 33 heavy (non-hydrogen) atoms. The van der Waals surface area contributed by atoms with Gasteiger partial charge in [-0.05, 0) is 54.3 Å². The minimum absolute atomic E-state index is 0.135. The number of fused-ring (bicyclic) bond motifs is 1. The van der Waals surface area contributed by atoms with E-state index in [2.05, 4.69) is 23.5 Å². The molecule has 1 aromatic heterocycles. The Labute approximate surface area is 199 Å². The molecule has 3 rings (SSSR count). The molecule has 0 aliphatic rings. The monoisotopic (exact) mass is 461 g/mol. The molecule has 0 saturated carbocycles. The highest BCUT2D eigenvalue weighted by Crippen LogP contribution is 2.23. The summed E-state index contributed by atoms with van der Waals surface area (Å²) < 4.78 is 0. The molecule has 1 unspecified atom stereocenters. The zero-order valence-corrected chi connectivity index (χ0v) is 19.4. The number of carbonyl (C=O) groups is 2. The molecular weight excluding hydrogens is 434 g/mol. The number of nitrogens with one attached hydrogen (secondary N) is 2. The molecule has 0 radical (unpaired) electrons. The van der Waals surface area contributed by atoms with Crippen LogP contribution in [0, 0.1) is 0 Å².